The number of hydrogen-bond acceptors (Lipinski definition) is 6. The zero-order valence-corrected chi connectivity index (χ0v) is 18.2. The highest BCUT2D eigenvalue weighted by molar-refractivity contribution is 7.92. The molecule has 0 bridgehead atoms. The van der Waals surface area contributed by atoms with Crippen LogP contribution in [0.2, 0.25) is 0 Å². The quantitative estimate of drug-likeness (QED) is 0.565. The number of ether oxygens (including phenoxy) is 1. The normalized spacial score (nSPS) is 12.2. The fraction of sp³-hybridized carbons (Fsp3) is 0.227. The van der Waals surface area contributed by atoms with Gasteiger partial charge in [-0.15, -0.1) is 0 Å². The van der Waals surface area contributed by atoms with E-state index in [-0.39, 0.29) is 16.8 Å². The largest absolute Gasteiger partial charge is 0.468 e. The summed E-state index contributed by atoms with van der Waals surface area (Å²) < 4.78 is 30.4. The second kappa shape index (κ2) is 9.13. The standard InChI is InChI=1S/C22H23N3O5S/c1-15(16-9-11-18(12-10-16)31(28,29)14-21(26)30-3)23-22(27)20-13-19(24-25(20)2)17-7-5-4-6-8-17/h4-13,15H,14H2,1-3H3,(H,23,27)/t15-/m1/s1. The number of carbonyl (C=O) groups is 2. The first-order valence-electron chi connectivity index (χ1n) is 9.51. The molecule has 3 aromatic rings. The molecule has 0 saturated carbocycles. The topological polar surface area (TPSA) is 107 Å². The van der Waals surface area contributed by atoms with Gasteiger partial charge in [-0.25, -0.2) is 8.42 Å². The minimum absolute atomic E-state index is 0.0133. The number of rotatable bonds is 7. The molecule has 8 nitrogen and oxygen atoms in total. The van der Waals surface area contributed by atoms with Gasteiger partial charge in [0, 0.05) is 12.6 Å². The van der Waals surface area contributed by atoms with Crippen molar-refractivity contribution in [2.24, 2.45) is 7.05 Å². The Bertz CT molecular complexity index is 1190. The highest BCUT2D eigenvalue weighted by Crippen LogP contribution is 2.20. The van der Waals surface area contributed by atoms with Gasteiger partial charge in [-0.05, 0) is 30.7 Å². The van der Waals surface area contributed by atoms with E-state index in [0.29, 0.717) is 11.4 Å². The van der Waals surface area contributed by atoms with Crippen LogP contribution in [-0.2, 0) is 26.4 Å². The van der Waals surface area contributed by atoms with E-state index in [4.69, 9.17) is 0 Å². The molecular weight excluding hydrogens is 418 g/mol. The molecule has 0 aliphatic heterocycles. The van der Waals surface area contributed by atoms with Crippen molar-refractivity contribution in [1.82, 2.24) is 15.1 Å². The van der Waals surface area contributed by atoms with E-state index in [1.165, 1.54) is 16.8 Å². The number of nitrogens with one attached hydrogen (secondary N) is 1. The summed E-state index contributed by atoms with van der Waals surface area (Å²) in [7, 11) is -0.946. The minimum Gasteiger partial charge on any atom is -0.468 e. The molecule has 0 unspecified atom stereocenters. The van der Waals surface area contributed by atoms with Crippen molar-refractivity contribution in [3.8, 4) is 11.3 Å². The van der Waals surface area contributed by atoms with Crippen LogP contribution in [0.4, 0.5) is 0 Å². The molecule has 2 aromatic carbocycles. The lowest BCUT2D eigenvalue weighted by atomic mass is 10.1. The third-order valence-electron chi connectivity index (χ3n) is 4.80. The zero-order chi connectivity index (χ0) is 22.6. The molecule has 1 amide bonds. The molecule has 0 aliphatic carbocycles. The SMILES string of the molecule is COC(=O)CS(=O)(=O)c1ccc([C@@H](C)NC(=O)c2cc(-c3ccccc3)nn2C)cc1. The first kappa shape index (κ1) is 22.2. The van der Waals surface area contributed by atoms with Crippen molar-refractivity contribution in [2.45, 2.75) is 17.9 Å². The Hall–Kier alpha value is -3.46. The van der Waals surface area contributed by atoms with Gasteiger partial charge in [0.15, 0.2) is 15.6 Å². The fourth-order valence-corrected chi connectivity index (χ4v) is 4.19. The van der Waals surface area contributed by atoms with Gasteiger partial charge in [-0.2, -0.15) is 5.10 Å². The van der Waals surface area contributed by atoms with Crippen LogP contribution in [0.1, 0.15) is 29.0 Å². The predicted octanol–water partition coefficient (Wildman–Crippen LogP) is 2.52. The fourth-order valence-electron chi connectivity index (χ4n) is 3.04. The van der Waals surface area contributed by atoms with E-state index in [0.717, 1.165) is 18.2 Å². The first-order valence-corrected chi connectivity index (χ1v) is 11.2. The Morgan fingerprint density at radius 2 is 1.74 bits per heavy atom. The second-order valence-corrected chi connectivity index (χ2v) is 8.99. The van der Waals surface area contributed by atoms with Gasteiger partial charge >= 0.3 is 5.97 Å². The monoisotopic (exact) mass is 441 g/mol. The summed E-state index contributed by atoms with van der Waals surface area (Å²) in [5.41, 5.74) is 2.73. The van der Waals surface area contributed by atoms with Crippen molar-refractivity contribution < 1.29 is 22.7 Å². The summed E-state index contributed by atoms with van der Waals surface area (Å²) in [6, 6.07) is 16.9. The highest BCUT2D eigenvalue weighted by atomic mass is 32.2. The Labute approximate surface area is 180 Å². The molecule has 9 heteroatoms. The van der Waals surface area contributed by atoms with E-state index in [1.807, 2.05) is 30.3 Å². The maximum atomic E-state index is 12.8. The number of benzene rings is 2. The molecule has 1 heterocycles. The molecule has 0 radical (unpaired) electrons. The molecule has 3 rings (SSSR count). The number of aryl methyl sites for hydroxylation is 1. The third-order valence-corrected chi connectivity index (χ3v) is 6.41. The van der Waals surface area contributed by atoms with E-state index in [2.05, 4.69) is 15.2 Å². The molecule has 162 valence electrons. The van der Waals surface area contributed by atoms with Crippen LogP contribution in [0.3, 0.4) is 0 Å². The summed E-state index contributed by atoms with van der Waals surface area (Å²) in [4.78, 5) is 24.1. The number of sulfone groups is 1. The molecule has 0 saturated heterocycles. The minimum atomic E-state index is -3.78. The lowest BCUT2D eigenvalue weighted by Crippen LogP contribution is -2.28. The van der Waals surface area contributed by atoms with Gasteiger partial charge < -0.3 is 10.1 Å². The maximum absolute atomic E-state index is 12.8. The van der Waals surface area contributed by atoms with Crippen LogP contribution in [0, 0.1) is 0 Å². The number of hydrogen-bond donors (Lipinski definition) is 1. The van der Waals surface area contributed by atoms with Crippen LogP contribution in [-0.4, -0.2) is 42.9 Å². The molecule has 1 N–H and O–H groups in total. The average molecular weight is 442 g/mol. The Morgan fingerprint density at radius 1 is 1.10 bits per heavy atom. The Kier molecular flexibility index (Phi) is 6.55. The number of nitrogens with zero attached hydrogens (tertiary/aromatic N) is 2. The third kappa shape index (κ3) is 5.18. The number of methoxy groups -OCH3 is 1. The van der Waals surface area contributed by atoms with Gasteiger partial charge in [0.2, 0.25) is 0 Å². The Balaban J connectivity index is 1.72. The van der Waals surface area contributed by atoms with Crippen LogP contribution >= 0.6 is 0 Å². The van der Waals surface area contributed by atoms with E-state index >= 15 is 0 Å². The summed E-state index contributed by atoms with van der Waals surface area (Å²) >= 11 is 0. The summed E-state index contributed by atoms with van der Waals surface area (Å²) in [6.45, 7) is 1.80. The van der Waals surface area contributed by atoms with E-state index in [9.17, 15) is 18.0 Å². The zero-order valence-electron chi connectivity index (χ0n) is 17.4. The second-order valence-electron chi connectivity index (χ2n) is 7.00. The summed E-state index contributed by atoms with van der Waals surface area (Å²) in [5.74, 6) is -1.85. The highest BCUT2D eigenvalue weighted by Gasteiger charge is 2.21. The average Bonchev–Trinajstić information content (AvgIpc) is 3.16. The van der Waals surface area contributed by atoms with Gasteiger partial charge in [-0.1, -0.05) is 42.5 Å². The molecule has 1 atom stereocenters. The van der Waals surface area contributed by atoms with Gasteiger partial charge in [-0.3, -0.25) is 14.3 Å². The number of carbonyl (C=O) groups excluding carboxylic acids is 2. The molecule has 31 heavy (non-hydrogen) atoms. The molecule has 1 aromatic heterocycles. The molecule has 0 aliphatic rings. The van der Waals surface area contributed by atoms with Crippen molar-refractivity contribution >= 4 is 21.7 Å². The lowest BCUT2D eigenvalue weighted by molar-refractivity contribution is -0.137. The Morgan fingerprint density at radius 3 is 2.35 bits per heavy atom. The van der Waals surface area contributed by atoms with Crippen LogP contribution < -0.4 is 5.32 Å². The number of amides is 1. The smallest absolute Gasteiger partial charge is 0.321 e. The number of esters is 1. The van der Waals surface area contributed by atoms with E-state index < -0.39 is 21.6 Å². The van der Waals surface area contributed by atoms with Crippen LogP contribution in [0.25, 0.3) is 11.3 Å². The van der Waals surface area contributed by atoms with Crippen molar-refractivity contribution in [3.05, 3.63) is 71.9 Å². The van der Waals surface area contributed by atoms with Crippen molar-refractivity contribution in [3.63, 3.8) is 0 Å². The summed E-state index contributed by atoms with van der Waals surface area (Å²) in [6.07, 6.45) is 0. The maximum Gasteiger partial charge on any atom is 0.321 e. The van der Waals surface area contributed by atoms with Gasteiger partial charge in [0.05, 0.1) is 23.7 Å². The van der Waals surface area contributed by atoms with E-state index in [1.54, 1.807) is 32.2 Å². The first-order chi connectivity index (χ1) is 14.7. The molecule has 0 fully saturated rings. The van der Waals surface area contributed by atoms with Gasteiger partial charge in [0.25, 0.3) is 5.91 Å². The summed E-state index contributed by atoms with van der Waals surface area (Å²) in [5, 5.41) is 7.30. The molecular formula is C22H23N3O5S. The van der Waals surface area contributed by atoms with Crippen molar-refractivity contribution in [1.29, 1.82) is 0 Å². The van der Waals surface area contributed by atoms with Crippen LogP contribution in [0.5, 0.6) is 0 Å². The molecule has 0 spiro atoms. The predicted molar refractivity (Wildman–Crippen MR) is 115 cm³/mol. The van der Waals surface area contributed by atoms with Crippen LogP contribution in [0.15, 0.2) is 65.6 Å². The van der Waals surface area contributed by atoms with Crippen molar-refractivity contribution in [2.75, 3.05) is 12.9 Å². The lowest BCUT2D eigenvalue weighted by Gasteiger charge is -2.15. The number of aromatic nitrogens is 2. The van der Waals surface area contributed by atoms with Gasteiger partial charge in [0.1, 0.15) is 5.69 Å².